The minimum Gasteiger partial charge on any atom is -0.445 e. The molecule has 0 aromatic heterocycles. The maximum atomic E-state index is 12.0. The fourth-order valence-corrected chi connectivity index (χ4v) is 5.48. The number of hydrogen-bond donors (Lipinski definition) is 2. The number of rotatable bonds is 4. The third-order valence-electron chi connectivity index (χ3n) is 6.29. The first kappa shape index (κ1) is 15.0. The molecule has 0 spiro atoms. The Bertz CT molecular complexity index is 558. The molecule has 1 unspecified atom stereocenters. The lowest BCUT2D eigenvalue weighted by Gasteiger charge is -2.59. The van der Waals surface area contributed by atoms with Crippen molar-refractivity contribution < 1.29 is 9.53 Å². The summed E-state index contributed by atoms with van der Waals surface area (Å²) >= 11 is 0. The Hall–Kier alpha value is -1.55. The molecule has 4 fully saturated rings. The average molecular weight is 314 g/mol. The van der Waals surface area contributed by atoms with Crippen LogP contribution >= 0.6 is 0 Å². The monoisotopic (exact) mass is 314 g/mol. The molecule has 1 aromatic carbocycles. The van der Waals surface area contributed by atoms with Crippen molar-refractivity contribution in [3.05, 3.63) is 35.9 Å². The Labute approximate surface area is 137 Å². The lowest BCUT2D eigenvalue weighted by molar-refractivity contribution is -0.0649. The van der Waals surface area contributed by atoms with E-state index in [2.05, 4.69) is 5.32 Å². The molecule has 4 bridgehead atoms. The number of nitrogens with two attached hydrogens (primary N) is 1. The van der Waals surface area contributed by atoms with Gasteiger partial charge in [0, 0.05) is 12.6 Å². The minimum absolute atomic E-state index is 0.276. The van der Waals surface area contributed by atoms with E-state index in [-0.39, 0.29) is 11.5 Å². The summed E-state index contributed by atoms with van der Waals surface area (Å²) in [5.41, 5.74) is 7.67. The smallest absolute Gasteiger partial charge is 0.407 e. The van der Waals surface area contributed by atoms with Crippen LogP contribution in [0.1, 0.15) is 37.7 Å². The molecule has 1 aromatic rings. The van der Waals surface area contributed by atoms with E-state index < -0.39 is 0 Å². The highest BCUT2D eigenvalue weighted by atomic mass is 16.5. The molecule has 0 heterocycles. The van der Waals surface area contributed by atoms with Gasteiger partial charge in [0.15, 0.2) is 0 Å². The minimum atomic E-state index is -0.297. The van der Waals surface area contributed by atoms with Gasteiger partial charge in [0.05, 0.1) is 0 Å². The van der Waals surface area contributed by atoms with Crippen LogP contribution in [0.4, 0.5) is 4.79 Å². The fraction of sp³-hybridized carbons (Fsp3) is 0.632. The second-order valence-corrected chi connectivity index (χ2v) is 7.96. The first-order chi connectivity index (χ1) is 11.1. The van der Waals surface area contributed by atoms with Crippen LogP contribution in [0, 0.1) is 23.2 Å². The standard InChI is InChI=1S/C19H26N2O2/c20-17-15-6-14-7-16(17)10-19(8-14,9-15)12-21-18(22)23-11-13-4-2-1-3-5-13/h1-5,14-17H,6-12,20H2,(H,21,22)/t14?,15-,16+,17-,19-. The highest BCUT2D eigenvalue weighted by Crippen LogP contribution is 2.59. The van der Waals surface area contributed by atoms with Crippen LogP contribution in [-0.4, -0.2) is 18.7 Å². The number of hydrogen-bond acceptors (Lipinski definition) is 3. The Morgan fingerprint density at radius 3 is 2.57 bits per heavy atom. The second-order valence-electron chi connectivity index (χ2n) is 7.96. The molecule has 3 N–H and O–H groups in total. The summed E-state index contributed by atoms with van der Waals surface area (Å²) in [6.07, 6.45) is 5.93. The SMILES string of the molecule is N[C@@H]1[C@@H]2CC3C[C@H]1C[C@@](CNC(=O)OCc1ccccc1)(C3)C2. The maximum Gasteiger partial charge on any atom is 0.407 e. The van der Waals surface area contributed by atoms with Crippen molar-refractivity contribution in [2.24, 2.45) is 28.9 Å². The van der Waals surface area contributed by atoms with Crippen molar-refractivity contribution in [3.8, 4) is 0 Å². The van der Waals surface area contributed by atoms with Crippen molar-refractivity contribution in [3.63, 3.8) is 0 Å². The summed E-state index contributed by atoms with van der Waals surface area (Å²) in [6, 6.07) is 10.2. The molecule has 0 saturated heterocycles. The fourth-order valence-electron chi connectivity index (χ4n) is 5.48. The number of carbonyl (C=O) groups excluding carboxylic acids is 1. The molecule has 124 valence electrons. The van der Waals surface area contributed by atoms with Crippen molar-refractivity contribution in [2.75, 3.05) is 6.54 Å². The number of alkyl carbamates (subject to hydrolysis) is 1. The first-order valence-corrected chi connectivity index (χ1v) is 8.84. The van der Waals surface area contributed by atoms with Gasteiger partial charge in [-0.1, -0.05) is 30.3 Å². The highest BCUT2D eigenvalue weighted by Gasteiger charge is 2.54. The van der Waals surface area contributed by atoms with Crippen molar-refractivity contribution in [1.29, 1.82) is 0 Å². The molecule has 4 aliphatic rings. The number of nitrogens with one attached hydrogen (secondary N) is 1. The van der Waals surface area contributed by atoms with Gasteiger partial charge in [-0.3, -0.25) is 0 Å². The molecule has 5 atom stereocenters. The maximum absolute atomic E-state index is 12.0. The second kappa shape index (κ2) is 5.82. The van der Waals surface area contributed by atoms with E-state index in [0.29, 0.717) is 24.5 Å². The van der Waals surface area contributed by atoms with Gasteiger partial charge in [-0.15, -0.1) is 0 Å². The topological polar surface area (TPSA) is 64.3 Å². The zero-order valence-corrected chi connectivity index (χ0v) is 13.5. The molecular weight excluding hydrogens is 288 g/mol. The van der Waals surface area contributed by atoms with Crippen LogP contribution in [0.5, 0.6) is 0 Å². The van der Waals surface area contributed by atoms with E-state index in [1.165, 1.54) is 32.1 Å². The Balaban J connectivity index is 1.30. The first-order valence-electron chi connectivity index (χ1n) is 8.84. The van der Waals surface area contributed by atoms with Crippen LogP contribution in [0.2, 0.25) is 0 Å². The molecule has 1 amide bonds. The third-order valence-corrected chi connectivity index (χ3v) is 6.29. The molecule has 4 nitrogen and oxygen atoms in total. The van der Waals surface area contributed by atoms with E-state index in [1.807, 2.05) is 30.3 Å². The quantitative estimate of drug-likeness (QED) is 0.897. The van der Waals surface area contributed by atoms with Gasteiger partial charge in [-0.05, 0) is 60.8 Å². The van der Waals surface area contributed by atoms with Gasteiger partial charge in [0.2, 0.25) is 0 Å². The summed E-state index contributed by atoms with van der Waals surface area (Å²) < 4.78 is 5.34. The molecular formula is C19H26N2O2. The summed E-state index contributed by atoms with van der Waals surface area (Å²) in [5, 5.41) is 3.02. The predicted molar refractivity (Wildman–Crippen MR) is 88.6 cm³/mol. The van der Waals surface area contributed by atoms with Gasteiger partial charge in [-0.2, -0.15) is 0 Å². The molecule has 0 radical (unpaired) electrons. The van der Waals surface area contributed by atoms with Crippen molar-refractivity contribution >= 4 is 6.09 Å². The Morgan fingerprint density at radius 1 is 1.17 bits per heavy atom. The molecule has 23 heavy (non-hydrogen) atoms. The van der Waals surface area contributed by atoms with Crippen LogP contribution in [0.15, 0.2) is 30.3 Å². The molecule has 5 rings (SSSR count). The van der Waals surface area contributed by atoms with E-state index >= 15 is 0 Å². The Kier molecular flexibility index (Phi) is 3.80. The summed E-state index contributed by atoms with van der Waals surface area (Å²) in [6.45, 7) is 1.08. The number of ether oxygens (including phenoxy) is 1. The number of amides is 1. The van der Waals surface area contributed by atoms with Gasteiger partial charge in [0.1, 0.15) is 6.61 Å². The largest absolute Gasteiger partial charge is 0.445 e. The Morgan fingerprint density at radius 2 is 1.87 bits per heavy atom. The van der Waals surface area contributed by atoms with Crippen LogP contribution in [0.3, 0.4) is 0 Å². The van der Waals surface area contributed by atoms with Gasteiger partial charge in [-0.25, -0.2) is 4.79 Å². The lowest BCUT2D eigenvalue weighted by atomic mass is 9.48. The van der Waals surface area contributed by atoms with Gasteiger partial charge >= 0.3 is 6.09 Å². The summed E-state index contributed by atoms with van der Waals surface area (Å²) in [4.78, 5) is 12.0. The zero-order chi connectivity index (χ0) is 15.9. The molecule has 4 aliphatic carbocycles. The highest BCUT2D eigenvalue weighted by molar-refractivity contribution is 5.67. The van der Waals surface area contributed by atoms with Crippen LogP contribution < -0.4 is 11.1 Å². The summed E-state index contributed by atoms with van der Waals surface area (Å²) in [5.74, 6) is 2.17. The van der Waals surface area contributed by atoms with Gasteiger partial charge < -0.3 is 15.8 Å². The van der Waals surface area contributed by atoms with Gasteiger partial charge in [0.25, 0.3) is 0 Å². The van der Waals surface area contributed by atoms with E-state index in [4.69, 9.17) is 10.5 Å². The zero-order valence-electron chi connectivity index (χ0n) is 13.5. The van der Waals surface area contributed by atoms with Crippen LogP contribution in [0.25, 0.3) is 0 Å². The predicted octanol–water partition coefficient (Wildman–Crippen LogP) is 3.07. The third kappa shape index (κ3) is 2.97. The van der Waals surface area contributed by atoms with E-state index in [9.17, 15) is 4.79 Å². The molecule has 4 heteroatoms. The van der Waals surface area contributed by atoms with Crippen molar-refractivity contribution in [2.45, 2.75) is 44.8 Å². The lowest BCUT2D eigenvalue weighted by Crippen LogP contribution is -2.59. The number of carbonyl (C=O) groups is 1. The number of benzene rings is 1. The van der Waals surface area contributed by atoms with E-state index in [1.54, 1.807) is 0 Å². The average Bonchev–Trinajstić information content (AvgIpc) is 2.56. The van der Waals surface area contributed by atoms with Crippen LogP contribution in [-0.2, 0) is 11.3 Å². The normalized spacial score (nSPS) is 37.6. The molecule has 0 aliphatic heterocycles. The van der Waals surface area contributed by atoms with Crippen molar-refractivity contribution in [1.82, 2.24) is 5.32 Å². The molecule has 4 saturated carbocycles. The van der Waals surface area contributed by atoms with E-state index in [0.717, 1.165) is 18.0 Å². The summed E-state index contributed by atoms with van der Waals surface area (Å²) in [7, 11) is 0.